The van der Waals surface area contributed by atoms with Crippen LogP contribution in [-0.4, -0.2) is 62.7 Å². The largest absolute Gasteiger partial charge is 0.480 e. The van der Waals surface area contributed by atoms with E-state index in [1.54, 1.807) is 43.5 Å². The summed E-state index contributed by atoms with van der Waals surface area (Å²) in [5.74, 6) is -1.13. The number of carboxylic acids is 1. The van der Waals surface area contributed by atoms with Crippen LogP contribution in [0.5, 0.6) is 5.88 Å². The van der Waals surface area contributed by atoms with E-state index in [1.807, 2.05) is 4.90 Å². The van der Waals surface area contributed by atoms with Crippen molar-refractivity contribution in [3.63, 3.8) is 0 Å². The van der Waals surface area contributed by atoms with E-state index in [9.17, 15) is 23.1 Å². The lowest BCUT2D eigenvalue weighted by Crippen LogP contribution is -2.41. The molecule has 2 aromatic heterocycles. The van der Waals surface area contributed by atoms with Crippen LogP contribution in [0.2, 0.25) is 10.0 Å². The van der Waals surface area contributed by atoms with Gasteiger partial charge in [-0.1, -0.05) is 35.3 Å². The molecule has 2 aliphatic rings. The number of piperidine rings is 1. The van der Waals surface area contributed by atoms with Crippen LogP contribution in [0.25, 0.3) is 16.8 Å². The molecule has 2 aliphatic heterocycles. The van der Waals surface area contributed by atoms with E-state index in [2.05, 4.69) is 20.4 Å². The number of nitrogens with two attached hydrogens (primary N) is 1. The molecule has 0 saturated carbocycles. The predicted molar refractivity (Wildman–Crippen MR) is 168 cm³/mol. The first-order valence-corrected chi connectivity index (χ1v) is 15.3. The molecule has 1 unspecified atom stereocenters. The summed E-state index contributed by atoms with van der Waals surface area (Å²) in [6.07, 6.45) is -3.83. The number of carboxylic acid groups (broad SMARTS) is 1. The molecular weight excluding hydrogens is 646 g/mol. The smallest absolute Gasteiger partial charge is 0.429 e. The number of anilines is 2. The van der Waals surface area contributed by atoms with Crippen molar-refractivity contribution in [2.75, 3.05) is 30.3 Å². The van der Waals surface area contributed by atoms with Gasteiger partial charge in [-0.05, 0) is 73.1 Å². The molecule has 6 rings (SSSR count). The molecule has 10 nitrogen and oxygen atoms in total. The van der Waals surface area contributed by atoms with Crippen molar-refractivity contribution >= 4 is 40.9 Å². The van der Waals surface area contributed by atoms with Crippen LogP contribution < -0.4 is 20.7 Å². The fraction of sp³-hybridized carbons (Fsp3) is 0.355. The number of benzene rings is 2. The fourth-order valence-corrected chi connectivity index (χ4v) is 6.70. The number of nitrogens with one attached hydrogen (secondary N) is 1. The highest BCUT2D eigenvalue weighted by atomic mass is 35.5. The van der Waals surface area contributed by atoms with Crippen LogP contribution in [0.4, 0.5) is 24.9 Å². The van der Waals surface area contributed by atoms with E-state index < -0.39 is 24.3 Å². The highest BCUT2D eigenvalue weighted by Crippen LogP contribution is 2.43. The number of hydrogen-bond donors (Lipinski definition) is 3. The summed E-state index contributed by atoms with van der Waals surface area (Å²) in [7, 11) is 0. The lowest BCUT2D eigenvalue weighted by atomic mass is 9.76. The predicted octanol–water partition coefficient (Wildman–Crippen LogP) is 6.24. The zero-order valence-corrected chi connectivity index (χ0v) is 26.1. The average Bonchev–Trinajstić information content (AvgIpc) is 3.61. The molecular formula is C31H30Cl2F3N7O3. The van der Waals surface area contributed by atoms with Crippen molar-refractivity contribution in [1.82, 2.24) is 25.1 Å². The Hall–Kier alpha value is -4.07. The molecule has 2 saturated heterocycles. The Balaban J connectivity index is 1.31. The lowest BCUT2D eigenvalue weighted by Gasteiger charge is -2.39. The molecule has 15 heteroatoms. The SMILES string of the molecule is Cc1ccn(-c2cc(-c3cc(Cl)cc(Cl)c3)ccc2[C@@H](Oc2cc(N3CCC4(CC3)CNC(C(=O)O)C4)nc(N)n2)C(F)(F)F)n1. The van der Waals surface area contributed by atoms with Crippen LogP contribution in [0, 0.1) is 12.3 Å². The second kappa shape index (κ2) is 12.3. The summed E-state index contributed by atoms with van der Waals surface area (Å²) in [5, 5.41) is 17.6. The first kappa shape index (κ1) is 31.9. The zero-order chi connectivity index (χ0) is 32.8. The minimum Gasteiger partial charge on any atom is -0.480 e. The number of aliphatic carboxylic acids is 1. The number of alkyl halides is 3. The number of carbonyl (C=O) groups is 1. The quantitative estimate of drug-likeness (QED) is 0.208. The Labute approximate surface area is 272 Å². The third kappa shape index (κ3) is 6.72. The summed E-state index contributed by atoms with van der Waals surface area (Å²) in [5.41, 5.74) is 7.53. The number of rotatable bonds is 7. The standard InChI is InChI=1S/C31H30Cl2F3N7O3/c1-17-4-7-43(41-17)24-12-18(19-10-20(32)13-21(33)11-19)2-3-22(24)27(31(34,35)36)46-26-14-25(39-29(37)40-26)42-8-5-30(6-9-42)15-23(28(44)45)38-16-30/h2-4,7,10-14,23,27,38H,5-6,8-9,15-16H2,1H3,(H,44,45)(H2,37,39,40)/t23?,27-/m1/s1. The van der Waals surface area contributed by atoms with Gasteiger partial charge in [-0.15, -0.1) is 0 Å². The number of nitrogen functional groups attached to an aromatic ring is 1. The van der Waals surface area contributed by atoms with Crippen LogP contribution in [0.15, 0.2) is 54.7 Å². The first-order valence-electron chi connectivity index (χ1n) is 14.5. The van der Waals surface area contributed by atoms with Gasteiger partial charge in [-0.2, -0.15) is 28.2 Å². The van der Waals surface area contributed by atoms with Crippen molar-refractivity contribution in [1.29, 1.82) is 0 Å². The third-order valence-electron chi connectivity index (χ3n) is 8.53. The highest BCUT2D eigenvalue weighted by Gasteiger charge is 2.46. The Bertz CT molecular complexity index is 1760. The second-order valence-corrected chi connectivity index (χ2v) is 12.6. The molecule has 4 aromatic rings. The zero-order valence-electron chi connectivity index (χ0n) is 24.6. The normalized spacial score (nSPS) is 18.6. The van der Waals surface area contributed by atoms with Gasteiger partial charge in [0, 0.05) is 47.5 Å². The average molecular weight is 677 g/mol. The molecule has 2 fully saturated rings. The number of nitrogens with zero attached hydrogens (tertiary/aromatic N) is 5. The molecule has 1 spiro atoms. The van der Waals surface area contributed by atoms with E-state index >= 15 is 0 Å². The minimum atomic E-state index is -4.86. The van der Waals surface area contributed by atoms with Crippen molar-refractivity contribution < 1.29 is 27.8 Å². The highest BCUT2D eigenvalue weighted by molar-refractivity contribution is 6.35. The number of hydrogen-bond acceptors (Lipinski definition) is 8. The van der Waals surface area contributed by atoms with Crippen molar-refractivity contribution in [2.45, 2.75) is 44.5 Å². The molecule has 4 heterocycles. The van der Waals surface area contributed by atoms with Crippen LogP contribution >= 0.6 is 23.2 Å². The summed E-state index contributed by atoms with van der Waals surface area (Å²) in [6.45, 7) is 3.36. The van der Waals surface area contributed by atoms with Gasteiger partial charge in [0.2, 0.25) is 17.9 Å². The molecule has 2 atom stereocenters. The number of aryl methyl sites for hydroxylation is 1. The maximum absolute atomic E-state index is 14.8. The summed E-state index contributed by atoms with van der Waals surface area (Å²) in [4.78, 5) is 21.6. The van der Waals surface area contributed by atoms with Gasteiger partial charge in [-0.3, -0.25) is 4.79 Å². The van der Waals surface area contributed by atoms with E-state index in [-0.39, 0.29) is 28.5 Å². The lowest BCUT2D eigenvalue weighted by molar-refractivity contribution is -0.198. The molecule has 4 N–H and O–H groups in total. The first-order chi connectivity index (χ1) is 21.8. The van der Waals surface area contributed by atoms with Gasteiger partial charge in [-0.25, -0.2) is 4.68 Å². The van der Waals surface area contributed by atoms with E-state index in [1.165, 1.54) is 22.9 Å². The van der Waals surface area contributed by atoms with E-state index in [4.69, 9.17) is 33.7 Å². The molecule has 0 bridgehead atoms. The van der Waals surface area contributed by atoms with Crippen molar-refractivity contribution in [3.8, 4) is 22.7 Å². The minimum absolute atomic E-state index is 0.137. The van der Waals surface area contributed by atoms with E-state index in [0.29, 0.717) is 71.6 Å². The third-order valence-corrected chi connectivity index (χ3v) is 8.96. The van der Waals surface area contributed by atoms with Gasteiger partial charge < -0.3 is 25.8 Å². The number of halogens is 5. The summed E-state index contributed by atoms with van der Waals surface area (Å²) < 4.78 is 51.4. The molecule has 0 aliphatic carbocycles. The molecule has 46 heavy (non-hydrogen) atoms. The fourth-order valence-electron chi connectivity index (χ4n) is 6.18. The van der Waals surface area contributed by atoms with Crippen molar-refractivity contribution in [2.24, 2.45) is 5.41 Å². The van der Waals surface area contributed by atoms with Crippen molar-refractivity contribution in [3.05, 3.63) is 76.0 Å². The summed E-state index contributed by atoms with van der Waals surface area (Å²) >= 11 is 12.4. The topological polar surface area (TPSA) is 131 Å². The van der Waals surface area contributed by atoms with Gasteiger partial charge in [0.25, 0.3) is 0 Å². The number of aromatic nitrogens is 4. The molecule has 2 aromatic carbocycles. The van der Waals surface area contributed by atoms with Gasteiger partial charge >= 0.3 is 12.1 Å². The van der Waals surface area contributed by atoms with Gasteiger partial charge in [0.05, 0.1) is 11.4 Å². The maximum atomic E-state index is 14.8. The molecule has 0 amide bonds. The van der Waals surface area contributed by atoms with Crippen LogP contribution in [-0.2, 0) is 4.79 Å². The van der Waals surface area contributed by atoms with Crippen LogP contribution in [0.3, 0.4) is 0 Å². The second-order valence-electron chi connectivity index (χ2n) is 11.8. The van der Waals surface area contributed by atoms with Gasteiger partial charge in [0.1, 0.15) is 11.9 Å². The van der Waals surface area contributed by atoms with Crippen LogP contribution in [0.1, 0.15) is 36.6 Å². The number of ether oxygens (including phenoxy) is 1. The Morgan fingerprint density at radius 3 is 2.41 bits per heavy atom. The maximum Gasteiger partial charge on any atom is 0.429 e. The Kier molecular flexibility index (Phi) is 8.51. The molecule has 0 radical (unpaired) electrons. The molecule has 242 valence electrons. The Morgan fingerprint density at radius 1 is 1.09 bits per heavy atom. The monoisotopic (exact) mass is 675 g/mol. The summed E-state index contributed by atoms with van der Waals surface area (Å²) in [6, 6.07) is 11.8. The Morgan fingerprint density at radius 2 is 1.80 bits per heavy atom. The van der Waals surface area contributed by atoms with E-state index in [0.717, 1.165) is 0 Å². The van der Waals surface area contributed by atoms with Gasteiger partial charge in [0.15, 0.2) is 0 Å².